The maximum absolute atomic E-state index is 12.3. The molecule has 0 aliphatic rings. The molecule has 0 saturated carbocycles. The highest BCUT2D eigenvalue weighted by Gasteiger charge is 2.26. The van der Waals surface area contributed by atoms with Crippen LogP contribution in [0.25, 0.3) is 0 Å². The van der Waals surface area contributed by atoms with E-state index < -0.39 is 23.7 Å². The molecule has 5 heteroatoms. The molecule has 128 valence electrons. The number of esters is 1. The second-order valence-electron chi connectivity index (χ2n) is 6.91. The number of nitrogens with one attached hydrogen (secondary N) is 1. The molecular formula is C18H27NO4. The van der Waals surface area contributed by atoms with Crippen LogP contribution in [0, 0.1) is 5.92 Å². The Balaban J connectivity index is 2.75. The van der Waals surface area contributed by atoms with Crippen molar-refractivity contribution in [1.82, 2.24) is 5.32 Å². The third-order valence-electron chi connectivity index (χ3n) is 2.82. The van der Waals surface area contributed by atoms with E-state index in [1.807, 2.05) is 44.2 Å². The van der Waals surface area contributed by atoms with Gasteiger partial charge in [-0.3, -0.25) is 0 Å². The van der Waals surface area contributed by atoms with Crippen molar-refractivity contribution in [3.8, 4) is 0 Å². The van der Waals surface area contributed by atoms with Crippen LogP contribution in [0.5, 0.6) is 0 Å². The fourth-order valence-electron chi connectivity index (χ4n) is 1.84. The van der Waals surface area contributed by atoms with E-state index in [4.69, 9.17) is 9.47 Å². The normalized spacial score (nSPS) is 12.6. The number of rotatable bonds is 6. The number of hydrogen-bond acceptors (Lipinski definition) is 4. The number of hydrogen-bond donors (Lipinski definition) is 1. The van der Waals surface area contributed by atoms with Gasteiger partial charge in [-0.25, -0.2) is 9.59 Å². The predicted molar refractivity (Wildman–Crippen MR) is 89.1 cm³/mol. The lowest BCUT2D eigenvalue weighted by atomic mass is 10.1. The first-order chi connectivity index (χ1) is 10.7. The summed E-state index contributed by atoms with van der Waals surface area (Å²) >= 11 is 0. The van der Waals surface area contributed by atoms with Crippen LogP contribution >= 0.6 is 0 Å². The molecule has 1 aromatic carbocycles. The van der Waals surface area contributed by atoms with Crippen molar-refractivity contribution in [2.45, 2.75) is 52.7 Å². The van der Waals surface area contributed by atoms with Crippen LogP contribution in [-0.4, -0.2) is 30.3 Å². The topological polar surface area (TPSA) is 64.6 Å². The standard InChI is InChI=1S/C18H27NO4/c1-13(2)12-22-16(20)15(11-14-9-7-6-8-10-14)19-17(21)23-18(3,4)5/h6-10,13,15H,11-12H2,1-5H3,(H,19,21)/t15-/m0/s1. The van der Waals surface area contributed by atoms with Crippen LogP contribution < -0.4 is 5.32 Å². The number of amides is 1. The minimum atomic E-state index is -0.772. The van der Waals surface area contributed by atoms with E-state index in [0.717, 1.165) is 5.56 Å². The summed E-state index contributed by atoms with van der Waals surface area (Å²) in [6, 6.07) is 8.71. The predicted octanol–water partition coefficient (Wildman–Crippen LogP) is 3.32. The van der Waals surface area contributed by atoms with Crippen molar-refractivity contribution in [1.29, 1.82) is 0 Å². The quantitative estimate of drug-likeness (QED) is 0.816. The van der Waals surface area contributed by atoms with Gasteiger partial charge < -0.3 is 14.8 Å². The number of carbonyl (C=O) groups is 2. The molecule has 5 nitrogen and oxygen atoms in total. The highest BCUT2D eigenvalue weighted by molar-refractivity contribution is 5.81. The highest BCUT2D eigenvalue weighted by atomic mass is 16.6. The molecule has 0 aliphatic carbocycles. The first-order valence-electron chi connectivity index (χ1n) is 7.87. The molecule has 0 unspecified atom stereocenters. The molecule has 1 rings (SSSR count). The Labute approximate surface area is 138 Å². The van der Waals surface area contributed by atoms with E-state index in [1.165, 1.54) is 0 Å². The molecule has 0 bridgehead atoms. The molecule has 0 aliphatic heterocycles. The van der Waals surface area contributed by atoms with Crippen molar-refractivity contribution in [3.05, 3.63) is 35.9 Å². The molecule has 0 heterocycles. The number of benzene rings is 1. The highest BCUT2D eigenvalue weighted by Crippen LogP contribution is 2.09. The summed E-state index contributed by atoms with van der Waals surface area (Å²) in [4.78, 5) is 24.2. The van der Waals surface area contributed by atoms with Gasteiger partial charge in [-0.1, -0.05) is 44.2 Å². The van der Waals surface area contributed by atoms with E-state index in [0.29, 0.717) is 13.0 Å². The minimum Gasteiger partial charge on any atom is -0.464 e. The van der Waals surface area contributed by atoms with Crippen LogP contribution in [0.2, 0.25) is 0 Å². The number of alkyl carbamates (subject to hydrolysis) is 1. The van der Waals surface area contributed by atoms with Crippen molar-refractivity contribution in [3.63, 3.8) is 0 Å². The average molecular weight is 321 g/mol. The van der Waals surface area contributed by atoms with Gasteiger partial charge in [0.1, 0.15) is 11.6 Å². The summed E-state index contributed by atoms with van der Waals surface area (Å²) < 4.78 is 10.5. The second-order valence-corrected chi connectivity index (χ2v) is 6.91. The molecule has 1 aromatic rings. The largest absolute Gasteiger partial charge is 0.464 e. The Hall–Kier alpha value is -2.04. The lowest BCUT2D eigenvalue weighted by molar-refractivity contribution is -0.147. The fourth-order valence-corrected chi connectivity index (χ4v) is 1.84. The van der Waals surface area contributed by atoms with E-state index in [9.17, 15) is 9.59 Å². The minimum absolute atomic E-state index is 0.234. The maximum Gasteiger partial charge on any atom is 0.408 e. The Morgan fingerprint density at radius 3 is 2.26 bits per heavy atom. The molecule has 23 heavy (non-hydrogen) atoms. The van der Waals surface area contributed by atoms with Crippen LogP contribution in [0.1, 0.15) is 40.2 Å². The summed E-state index contributed by atoms with van der Waals surface area (Å²) in [6.45, 7) is 9.56. The molecule has 0 fully saturated rings. The zero-order valence-corrected chi connectivity index (χ0v) is 14.6. The third-order valence-corrected chi connectivity index (χ3v) is 2.82. The van der Waals surface area contributed by atoms with Crippen molar-refractivity contribution in [2.75, 3.05) is 6.61 Å². The van der Waals surface area contributed by atoms with E-state index in [2.05, 4.69) is 5.32 Å². The fraction of sp³-hybridized carbons (Fsp3) is 0.556. The molecular weight excluding hydrogens is 294 g/mol. The van der Waals surface area contributed by atoms with Gasteiger partial charge >= 0.3 is 12.1 Å². The summed E-state index contributed by atoms with van der Waals surface area (Å²) in [6.07, 6.45) is -0.267. The summed E-state index contributed by atoms with van der Waals surface area (Å²) in [7, 11) is 0. The van der Waals surface area contributed by atoms with Gasteiger partial charge in [-0.2, -0.15) is 0 Å². The molecule has 1 N–H and O–H groups in total. The van der Waals surface area contributed by atoms with Crippen LogP contribution in [0.3, 0.4) is 0 Å². The molecule has 0 saturated heterocycles. The van der Waals surface area contributed by atoms with Crippen LogP contribution in [0.15, 0.2) is 30.3 Å². The SMILES string of the molecule is CC(C)COC(=O)[C@H](Cc1ccccc1)NC(=O)OC(C)(C)C. The average Bonchev–Trinajstić information content (AvgIpc) is 2.43. The second kappa shape index (κ2) is 8.56. The van der Waals surface area contributed by atoms with Gasteiger partial charge in [0.15, 0.2) is 0 Å². The summed E-state index contributed by atoms with van der Waals surface area (Å²) in [5.74, 6) is -0.216. The Morgan fingerprint density at radius 1 is 1.13 bits per heavy atom. The van der Waals surface area contributed by atoms with Gasteiger partial charge in [0.2, 0.25) is 0 Å². The van der Waals surface area contributed by atoms with Gasteiger partial charge in [0, 0.05) is 6.42 Å². The monoisotopic (exact) mass is 321 g/mol. The van der Waals surface area contributed by atoms with Gasteiger partial charge in [0.05, 0.1) is 6.61 Å². The van der Waals surface area contributed by atoms with Gasteiger partial charge in [0.25, 0.3) is 0 Å². The Kier molecular flexibility index (Phi) is 7.07. The third kappa shape index (κ3) is 8.24. The lowest BCUT2D eigenvalue weighted by Crippen LogP contribution is -2.45. The Bertz CT molecular complexity index is 506. The van der Waals surface area contributed by atoms with Gasteiger partial charge in [-0.15, -0.1) is 0 Å². The van der Waals surface area contributed by atoms with Gasteiger partial charge in [-0.05, 0) is 32.3 Å². The van der Waals surface area contributed by atoms with Crippen molar-refractivity contribution in [2.24, 2.45) is 5.92 Å². The molecule has 0 radical (unpaired) electrons. The van der Waals surface area contributed by atoms with Crippen molar-refractivity contribution >= 4 is 12.1 Å². The molecule has 0 spiro atoms. The maximum atomic E-state index is 12.3. The molecule has 0 aromatic heterocycles. The van der Waals surface area contributed by atoms with Crippen molar-refractivity contribution < 1.29 is 19.1 Å². The van der Waals surface area contributed by atoms with Crippen LogP contribution in [-0.2, 0) is 20.7 Å². The zero-order valence-electron chi connectivity index (χ0n) is 14.6. The van der Waals surface area contributed by atoms with E-state index in [-0.39, 0.29) is 5.92 Å². The lowest BCUT2D eigenvalue weighted by Gasteiger charge is -2.23. The molecule has 1 amide bonds. The number of carbonyl (C=O) groups excluding carboxylic acids is 2. The summed E-state index contributed by atoms with van der Waals surface area (Å²) in [5, 5.41) is 2.61. The summed E-state index contributed by atoms with van der Waals surface area (Å²) in [5.41, 5.74) is 0.318. The van der Waals surface area contributed by atoms with Crippen LogP contribution in [0.4, 0.5) is 4.79 Å². The van der Waals surface area contributed by atoms with E-state index >= 15 is 0 Å². The zero-order chi connectivity index (χ0) is 17.5. The smallest absolute Gasteiger partial charge is 0.408 e. The first kappa shape index (κ1) is 19.0. The van der Waals surface area contributed by atoms with E-state index in [1.54, 1.807) is 20.8 Å². The first-order valence-corrected chi connectivity index (χ1v) is 7.87. The Morgan fingerprint density at radius 2 is 1.74 bits per heavy atom. The molecule has 1 atom stereocenters. The number of ether oxygens (including phenoxy) is 2.